The lowest BCUT2D eigenvalue weighted by Gasteiger charge is -2.45. The van der Waals surface area contributed by atoms with E-state index >= 15 is 0 Å². The first-order valence-electron chi connectivity index (χ1n) is 19.4. The molecule has 0 aromatic heterocycles. The lowest BCUT2D eigenvalue weighted by molar-refractivity contribution is -0.216. The van der Waals surface area contributed by atoms with Gasteiger partial charge in [-0.2, -0.15) is 0 Å². The van der Waals surface area contributed by atoms with E-state index in [0.29, 0.717) is 13.2 Å². The lowest BCUT2D eigenvalue weighted by Crippen LogP contribution is -2.59. The molecule has 0 bridgehead atoms. The summed E-state index contributed by atoms with van der Waals surface area (Å²) in [5, 5.41) is 3.35. The Morgan fingerprint density at radius 2 is 1.13 bits per heavy atom. The fraction of sp³-hybridized carbons (Fsp3) is 0.312. The van der Waals surface area contributed by atoms with Crippen LogP contribution in [0.4, 0.5) is 0 Å². The van der Waals surface area contributed by atoms with Gasteiger partial charge in [-0.05, 0) is 17.5 Å². The first kappa shape index (κ1) is 39.9. The van der Waals surface area contributed by atoms with Crippen molar-refractivity contribution in [3.8, 4) is 11.8 Å². The highest BCUT2D eigenvalue weighted by atomic mass is 31.2. The van der Waals surface area contributed by atoms with Gasteiger partial charge in [0.15, 0.2) is 0 Å². The number of ether oxygens (including phenoxy) is 4. The van der Waals surface area contributed by atoms with Crippen LogP contribution in [-0.4, -0.2) is 43.0 Å². The molecule has 284 valence electrons. The van der Waals surface area contributed by atoms with Crippen LogP contribution in [0.25, 0.3) is 0 Å². The Hall–Kier alpha value is -4.76. The topological polar surface area (TPSA) is 66.4 Å². The van der Waals surface area contributed by atoms with Crippen molar-refractivity contribution < 1.29 is 23.7 Å². The normalized spacial score (nSPS) is 19.5. The van der Waals surface area contributed by atoms with Crippen LogP contribution in [0.2, 0.25) is 0 Å². The van der Waals surface area contributed by atoms with E-state index in [0.717, 1.165) is 52.7 Å². The third-order valence-electron chi connectivity index (χ3n) is 9.78. The highest BCUT2D eigenvalue weighted by Crippen LogP contribution is 2.49. The van der Waals surface area contributed by atoms with E-state index in [-0.39, 0.29) is 12.6 Å². The monoisotopic (exact) mass is 753 g/mol. The second kappa shape index (κ2) is 20.8. The largest absolute Gasteiger partial charge is 0.463 e. The van der Waals surface area contributed by atoms with Crippen molar-refractivity contribution in [3.05, 3.63) is 163 Å². The molecule has 55 heavy (non-hydrogen) atoms. The molecule has 1 saturated heterocycles. The molecular formula is C48H52NO5P. The summed E-state index contributed by atoms with van der Waals surface area (Å²) in [6, 6.07) is 51.4. The summed E-state index contributed by atoms with van der Waals surface area (Å²) in [5.74, 6) is 6.63. The first-order valence-corrected chi connectivity index (χ1v) is 21.2. The van der Waals surface area contributed by atoms with Crippen molar-refractivity contribution in [2.45, 2.75) is 89.6 Å². The molecule has 0 unspecified atom stereocenters. The maximum atomic E-state index is 12.3. The van der Waals surface area contributed by atoms with E-state index in [2.05, 4.69) is 104 Å². The van der Waals surface area contributed by atoms with Gasteiger partial charge in [-0.1, -0.05) is 184 Å². The first-order chi connectivity index (χ1) is 27.1. The highest BCUT2D eigenvalue weighted by Gasteiger charge is 2.49. The highest BCUT2D eigenvalue weighted by molar-refractivity contribution is 7.87. The van der Waals surface area contributed by atoms with E-state index < -0.39 is 37.5 Å². The molecule has 0 amide bonds. The fourth-order valence-corrected chi connectivity index (χ4v) is 10.8. The Morgan fingerprint density at radius 3 is 1.60 bits per heavy atom. The molecule has 5 atom stereocenters. The standard InChI is InChI=1S/C48H52NO5P/c1-3-4-5-6-7-23-34-44-46(49-55(41-28-17-10-18-29-41,42-30-19-11-20-31-42)43-32-21-12-22-33-43)48(53-36-40-26-15-9-16-27-40)47(45(54-44)37-51-38(2)50)52-35-39-24-13-8-14-25-39/h8-22,24-33,44-48H,3-7,35-37H2,1-2H3/t44-,45-,46+,47+,48-/m1/s1. The molecule has 0 radical (unpaired) electrons. The molecule has 5 aromatic rings. The molecule has 0 spiro atoms. The zero-order valence-corrected chi connectivity index (χ0v) is 32.8. The minimum atomic E-state index is -2.74. The summed E-state index contributed by atoms with van der Waals surface area (Å²) >= 11 is 0. The average molecular weight is 754 g/mol. The van der Waals surface area contributed by atoms with Crippen LogP contribution in [-0.2, 0) is 37.0 Å². The molecule has 1 aliphatic rings. The van der Waals surface area contributed by atoms with Gasteiger partial charge in [-0.3, -0.25) is 9.54 Å². The third-order valence-corrected chi connectivity index (χ3v) is 13.5. The van der Waals surface area contributed by atoms with E-state index in [1.165, 1.54) is 13.3 Å². The summed E-state index contributed by atoms with van der Waals surface area (Å²) < 4.78 is 32.7. The molecule has 7 heteroatoms. The van der Waals surface area contributed by atoms with Crippen molar-refractivity contribution in [2.24, 2.45) is 4.74 Å². The SMILES string of the molecule is CCCCCCC#C[C@H]1O[C@H](COC(C)=O)[C@H](OCc2ccccc2)[C@H](OCc2ccccc2)[C@H]1N=P(c1ccccc1)(c1ccccc1)c1ccccc1. The number of hydrogen-bond donors (Lipinski definition) is 0. The molecule has 6 nitrogen and oxygen atoms in total. The second-order valence-corrected chi connectivity index (χ2v) is 16.9. The van der Waals surface area contributed by atoms with Crippen LogP contribution in [0.3, 0.4) is 0 Å². The number of esters is 1. The molecule has 0 saturated carbocycles. The number of carbonyl (C=O) groups is 1. The van der Waals surface area contributed by atoms with Crippen LogP contribution in [0, 0.1) is 11.8 Å². The number of hydrogen-bond acceptors (Lipinski definition) is 6. The third kappa shape index (κ3) is 10.7. The van der Waals surface area contributed by atoms with Crippen molar-refractivity contribution in [1.29, 1.82) is 0 Å². The predicted octanol–water partition coefficient (Wildman–Crippen LogP) is 9.01. The number of carbonyl (C=O) groups excluding carboxylic acids is 1. The van der Waals surface area contributed by atoms with E-state index in [4.69, 9.17) is 23.7 Å². The summed E-state index contributed by atoms with van der Waals surface area (Å²) in [6.07, 6.45) is 2.64. The second-order valence-electron chi connectivity index (χ2n) is 13.8. The van der Waals surface area contributed by atoms with Crippen LogP contribution >= 0.6 is 7.05 Å². The molecule has 0 N–H and O–H groups in total. The zero-order chi connectivity index (χ0) is 38.1. The molecule has 0 aliphatic carbocycles. The van der Waals surface area contributed by atoms with Gasteiger partial charge >= 0.3 is 5.97 Å². The van der Waals surface area contributed by atoms with Gasteiger partial charge in [0, 0.05) is 29.3 Å². The molecule has 1 fully saturated rings. The smallest absolute Gasteiger partial charge is 0.302 e. The number of benzene rings is 5. The Bertz CT molecular complexity index is 1900. The van der Waals surface area contributed by atoms with Crippen LogP contribution in [0.5, 0.6) is 0 Å². The van der Waals surface area contributed by atoms with Gasteiger partial charge in [0.2, 0.25) is 0 Å². The number of unbranched alkanes of at least 4 members (excludes halogenated alkanes) is 4. The van der Waals surface area contributed by atoms with Crippen molar-refractivity contribution in [1.82, 2.24) is 0 Å². The van der Waals surface area contributed by atoms with Gasteiger partial charge in [-0.25, -0.2) is 0 Å². The molecule has 5 aromatic carbocycles. The van der Waals surface area contributed by atoms with Gasteiger partial charge in [0.1, 0.15) is 37.1 Å². The van der Waals surface area contributed by atoms with Crippen LogP contribution < -0.4 is 15.9 Å². The molecule has 1 heterocycles. The zero-order valence-electron chi connectivity index (χ0n) is 31.9. The summed E-state index contributed by atoms with van der Waals surface area (Å²) in [7, 11) is -2.74. The van der Waals surface area contributed by atoms with Crippen molar-refractivity contribution >= 4 is 28.9 Å². The van der Waals surface area contributed by atoms with Gasteiger partial charge < -0.3 is 18.9 Å². The van der Waals surface area contributed by atoms with Crippen molar-refractivity contribution in [2.75, 3.05) is 6.61 Å². The minimum absolute atomic E-state index is 0.00225. The Morgan fingerprint density at radius 1 is 0.655 bits per heavy atom. The van der Waals surface area contributed by atoms with E-state index in [1.807, 2.05) is 66.7 Å². The minimum Gasteiger partial charge on any atom is -0.463 e. The Labute approximate surface area is 327 Å². The van der Waals surface area contributed by atoms with Gasteiger partial charge in [-0.15, -0.1) is 5.92 Å². The molecular weight excluding hydrogens is 702 g/mol. The van der Waals surface area contributed by atoms with Crippen LogP contribution in [0.15, 0.2) is 156 Å². The molecule has 6 rings (SSSR count). The Balaban J connectivity index is 1.57. The Kier molecular flexibility index (Phi) is 15.1. The maximum absolute atomic E-state index is 12.3. The quantitative estimate of drug-likeness (QED) is 0.0436. The van der Waals surface area contributed by atoms with Gasteiger partial charge in [0.25, 0.3) is 0 Å². The summed E-state index contributed by atoms with van der Waals surface area (Å²) in [4.78, 5) is 12.3. The summed E-state index contributed by atoms with van der Waals surface area (Å²) in [5.41, 5.74) is 2.04. The van der Waals surface area contributed by atoms with E-state index in [9.17, 15) is 4.79 Å². The van der Waals surface area contributed by atoms with E-state index in [1.54, 1.807) is 0 Å². The van der Waals surface area contributed by atoms with Crippen LogP contribution in [0.1, 0.15) is 57.1 Å². The predicted molar refractivity (Wildman–Crippen MR) is 223 cm³/mol. The van der Waals surface area contributed by atoms with Crippen molar-refractivity contribution in [3.63, 3.8) is 0 Å². The fourth-order valence-electron chi connectivity index (χ4n) is 7.02. The summed E-state index contributed by atoms with van der Waals surface area (Å²) in [6.45, 7) is 4.26. The lowest BCUT2D eigenvalue weighted by atomic mass is 9.92. The molecule has 1 aliphatic heterocycles. The average Bonchev–Trinajstić information content (AvgIpc) is 3.24. The van der Waals surface area contributed by atoms with Gasteiger partial charge in [0.05, 0.1) is 20.3 Å². The maximum Gasteiger partial charge on any atom is 0.302 e. The number of nitrogens with zero attached hydrogens (tertiary/aromatic N) is 1. The number of rotatable bonds is 16.